The van der Waals surface area contributed by atoms with Crippen LogP contribution < -0.4 is 5.32 Å². The van der Waals surface area contributed by atoms with Crippen LogP contribution in [0.25, 0.3) is 0 Å². The van der Waals surface area contributed by atoms with Crippen LogP contribution in [0.3, 0.4) is 0 Å². The van der Waals surface area contributed by atoms with Crippen molar-refractivity contribution in [2.45, 2.75) is 37.3 Å². The highest BCUT2D eigenvalue weighted by Crippen LogP contribution is 2.37. The molecule has 3 heteroatoms. The molecule has 0 amide bonds. The minimum atomic E-state index is -0.137. The van der Waals surface area contributed by atoms with Crippen LogP contribution in [0.2, 0.25) is 0 Å². The van der Waals surface area contributed by atoms with Crippen molar-refractivity contribution < 1.29 is 5.11 Å². The van der Waals surface area contributed by atoms with Gasteiger partial charge >= 0.3 is 0 Å². The third kappa shape index (κ3) is 2.02. The van der Waals surface area contributed by atoms with Crippen molar-refractivity contribution in [2.75, 3.05) is 25.0 Å². The maximum Gasteiger partial charge on any atom is 0.0770 e. The lowest BCUT2D eigenvalue weighted by Gasteiger charge is -2.40. The molecule has 98 valence electrons. The Kier molecular flexibility index (Phi) is 3.27. The van der Waals surface area contributed by atoms with Gasteiger partial charge in [0.1, 0.15) is 0 Å². The zero-order chi connectivity index (χ0) is 12.4. The SMILES string of the molecule is OCC1(Nc2ccccc2)CCN2CCCCC21. The highest BCUT2D eigenvalue weighted by atomic mass is 16.3. The molecule has 1 aromatic carbocycles. The minimum absolute atomic E-state index is 0.137. The molecule has 1 aromatic rings. The van der Waals surface area contributed by atoms with E-state index >= 15 is 0 Å². The summed E-state index contributed by atoms with van der Waals surface area (Å²) < 4.78 is 0. The highest BCUT2D eigenvalue weighted by molar-refractivity contribution is 5.46. The van der Waals surface area contributed by atoms with Gasteiger partial charge in [-0.2, -0.15) is 0 Å². The van der Waals surface area contributed by atoms with Crippen LogP contribution >= 0.6 is 0 Å². The van der Waals surface area contributed by atoms with Crippen molar-refractivity contribution in [3.05, 3.63) is 30.3 Å². The molecule has 0 saturated carbocycles. The molecule has 2 aliphatic heterocycles. The number of nitrogens with zero attached hydrogens (tertiary/aromatic N) is 1. The molecule has 2 unspecified atom stereocenters. The first-order chi connectivity index (χ1) is 8.84. The summed E-state index contributed by atoms with van der Waals surface area (Å²) in [5.74, 6) is 0. The number of rotatable bonds is 3. The van der Waals surface area contributed by atoms with Gasteiger partial charge in [0.2, 0.25) is 0 Å². The first-order valence-electron chi connectivity index (χ1n) is 7.02. The van der Waals surface area contributed by atoms with E-state index in [2.05, 4.69) is 22.3 Å². The summed E-state index contributed by atoms with van der Waals surface area (Å²) in [5, 5.41) is 13.5. The van der Waals surface area contributed by atoms with Crippen LogP contribution in [0, 0.1) is 0 Å². The van der Waals surface area contributed by atoms with Crippen molar-refractivity contribution in [1.29, 1.82) is 0 Å². The van der Waals surface area contributed by atoms with Gasteiger partial charge in [-0.3, -0.25) is 4.90 Å². The van der Waals surface area contributed by atoms with Crippen molar-refractivity contribution in [3.8, 4) is 0 Å². The Labute approximate surface area is 109 Å². The number of hydrogen-bond donors (Lipinski definition) is 2. The molecule has 0 bridgehead atoms. The molecule has 2 heterocycles. The van der Waals surface area contributed by atoms with E-state index in [9.17, 15) is 5.11 Å². The van der Waals surface area contributed by atoms with Gasteiger partial charge in [-0.15, -0.1) is 0 Å². The number of hydrogen-bond acceptors (Lipinski definition) is 3. The van der Waals surface area contributed by atoms with E-state index in [1.54, 1.807) is 0 Å². The number of nitrogens with one attached hydrogen (secondary N) is 1. The Hall–Kier alpha value is -1.06. The lowest BCUT2D eigenvalue weighted by molar-refractivity contribution is 0.123. The van der Waals surface area contributed by atoms with Crippen LogP contribution in [0.5, 0.6) is 0 Å². The third-order valence-corrected chi connectivity index (χ3v) is 4.55. The maximum absolute atomic E-state index is 9.93. The van der Waals surface area contributed by atoms with Crippen LogP contribution in [0.4, 0.5) is 5.69 Å². The second-order valence-electron chi connectivity index (χ2n) is 5.60. The lowest BCUT2D eigenvalue weighted by Crippen LogP contribution is -2.54. The normalized spacial score (nSPS) is 32.2. The smallest absolute Gasteiger partial charge is 0.0770 e. The zero-order valence-electron chi connectivity index (χ0n) is 10.8. The standard InChI is InChI=1S/C15H22N2O/c18-12-15(16-13-6-2-1-3-7-13)9-11-17-10-5-4-8-14(15)17/h1-3,6-7,14,16,18H,4-5,8-12H2. The number of aliphatic hydroxyl groups is 1. The van der Waals surface area contributed by atoms with Crippen LogP contribution in [0.1, 0.15) is 25.7 Å². The van der Waals surface area contributed by atoms with Crippen molar-refractivity contribution >= 4 is 5.69 Å². The van der Waals surface area contributed by atoms with E-state index in [0.29, 0.717) is 6.04 Å². The van der Waals surface area contributed by atoms with Gasteiger partial charge in [-0.1, -0.05) is 24.6 Å². The predicted molar refractivity (Wildman–Crippen MR) is 73.7 cm³/mol. The molecule has 2 fully saturated rings. The Morgan fingerprint density at radius 3 is 2.83 bits per heavy atom. The number of benzene rings is 1. The van der Waals surface area contributed by atoms with E-state index < -0.39 is 0 Å². The molecule has 2 atom stereocenters. The molecular weight excluding hydrogens is 224 g/mol. The predicted octanol–water partition coefficient (Wildman–Crippen LogP) is 2.09. The summed E-state index contributed by atoms with van der Waals surface area (Å²) in [6.07, 6.45) is 4.85. The van der Waals surface area contributed by atoms with Gasteiger partial charge in [0.05, 0.1) is 12.1 Å². The number of anilines is 1. The lowest BCUT2D eigenvalue weighted by atomic mass is 9.86. The molecule has 2 aliphatic rings. The molecular formula is C15H22N2O. The van der Waals surface area contributed by atoms with Crippen molar-refractivity contribution in [3.63, 3.8) is 0 Å². The van der Waals surface area contributed by atoms with E-state index in [1.807, 2.05) is 18.2 Å². The van der Waals surface area contributed by atoms with Gasteiger partial charge in [-0.05, 0) is 37.9 Å². The van der Waals surface area contributed by atoms with Crippen LogP contribution in [0.15, 0.2) is 30.3 Å². The Morgan fingerprint density at radius 1 is 1.22 bits per heavy atom. The molecule has 2 saturated heterocycles. The molecule has 3 rings (SSSR count). The Bertz CT molecular complexity index is 395. The summed E-state index contributed by atoms with van der Waals surface area (Å²) in [5.41, 5.74) is 0.987. The van der Waals surface area contributed by atoms with E-state index in [4.69, 9.17) is 0 Å². The molecule has 3 nitrogen and oxygen atoms in total. The van der Waals surface area contributed by atoms with Gasteiger partial charge in [-0.25, -0.2) is 0 Å². The largest absolute Gasteiger partial charge is 0.394 e. The van der Waals surface area contributed by atoms with Gasteiger partial charge in [0, 0.05) is 18.3 Å². The second-order valence-corrected chi connectivity index (χ2v) is 5.60. The van der Waals surface area contributed by atoms with Crippen LogP contribution in [-0.2, 0) is 0 Å². The Morgan fingerprint density at radius 2 is 2.06 bits per heavy atom. The maximum atomic E-state index is 9.93. The van der Waals surface area contributed by atoms with Crippen molar-refractivity contribution in [1.82, 2.24) is 4.90 Å². The summed E-state index contributed by atoms with van der Waals surface area (Å²) in [7, 11) is 0. The number of aliphatic hydroxyl groups excluding tert-OH is 1. The summed E-state index contributed by atoms with van der Waals surface area (Å²) >= 11 is 0. The summed E-state index contributed by atoms with van der Waals surface area (Å²) in [6.45, 7) is 2.54. The number of para-hydroxylation sites is 1. The fraction of sp³-hybridized carbons (Fsp3) is 0.600. The fourth-order valence-corrected chi connectivity index (χ4v) is 3.57. The van der Waals surface area contributed by atoms with Gasteiger partial charge < -0.3 is 10.4 Å². The van der Waals surface area contributed by atoms with E-state index in [1.165, 1.54) is 25.8 Å². The molecule has 18 heavy (non-hydrogen) atoms. The quantitative estimate of drug-likeness (QED) is 0.857. The van der Waals surface area contributed by atoms with E-state index in [0.717, 1.165) is 18.7 Å². The van der Waals surface area contributed by atoms with Gasteiger partial charge in [0.15, 0.2) is 0 Å². The second kappa shape index (κ2) is 4.90. The molecule has 0 radical (unpaired) electrons. The molecule has 2 N–H and O–H groups in total. The van der Waals surface area contributed by atoms with Crippen LogP contribution in [-0.4, -0.2) is 41.3 Å². The van der Waals surface area contributed by atoms with Crippen molar-refractivity contribution in [2.24, 2.45) is 0 Å². The molecule has 0 spiro atoms. The molecule has 0 aromatic heterocycles. The monoisotopic (exact) mass is 246 g/mol. The van der Waals surface area contributed by atoms with Gasteiger partial charge in [0.25, 0.3) is 0 Å². The Balaban J connectivity index is 1.82. The molecule has 0 aliphatic carbocycles. The highest BCUT2D eigenvalue weighted by Gasteiger charge is 2.47. The zero-order valence-corrected chi connectivity index (χ0v) is 10.8. The summed E-state index contributed by atoms with van der Waals surface area (Å²) in [4.78, 5) is 2.55. The first-order valence-corrected chi connectivity index (χ1v) is 7.02. The topological polar surface area (TPSA) is 35.5 Å². The number of piperidine rings is 1. The summed E-state index contributed by atoms with van der Waals surface area (Å²) in [6, 6.07) is 10.8. The fourth-order valence-electron chi connectivity index (χ4n) is 3.57. The average molecular weight is 246 g/mol. The average Bonchev–Trinajstić information content (AvgIpc) is 2.80. The number of fused-ring (bicyclic) bond motifs is 1. The van der Waals surface area contributed by atoms with E-state index in [-0.39, 0.29) is 12.1 Å². The minimum Gasteiger partial charge on any atom is -0.394 e. The first kappa shape index (κ1) is 12.0. The third-order valence-electron chi connectivity index (χ3n) is 4.55.